The monoisotopic (exact) mass is 183 g/mol. The molecule has 1 heterocycles. The second kappa shape index (κ2) is 3.89. The molecule has 0 amide bonds. The third-order valence-corrected chi connectivity index (χ3v) is 2.23. The molecule has 0 saturated heterocycles. The predicted octanol–water partition coefficient (Wildman–Crippen LogP) is 0.659. The van der Waals surface area contributed by atoms with Crippen molar-refractivity contribution in [2.75, 3.05) is 0 Å². The molecule has 3 N–H and O–H groups in total. The van der Waals surface area contributed by atoms with Crippen LogP contribution in [0.4, 0.5) is 0 Å². The molecule has 4 heteroatoms. The van der Waals surface area contributed by atoms with E-state index < -0.39 is 5.60 Å². The van der Waals surface area contributed by atoms with Crippen LogP contribution in [0.25, 0.3) is 0 Å². The molecule has 1 aromatic heterocycles. The minimum atomic E-state index is -0.691. The third kappa shape index (κ3) is 3.16. The lowest BCUT2D eigenvalue weighted by atomic mass is 10.0. The molecular formula is C9H17N3O. The second-order valence-electron chi connectivity index (χ2n) is 3.86. The van der Waals surface area contributed by atoms with Crippen molar-refractivity contribution in [3.63, 3.8) is 0 Å². The molecule has 0 saturated carbocycles. The van der Waals surface area contributed by atoms with Crippen molar-refractivity contribution >= 4 is 0 Å². The predicted molar refractivity (Wildman–Crippen MR) is 51.2 cm³/mol. The van der Waals surface area contributed by atoms with E-state index in [1.807, 2.05) is 13.1 Å². The summed E-state index contributed by atoms with van der Waals surface area (Å²) in [5.41, 5.74) is 0.403. The molecule has 1 unspecified atom stereocenters. The van der Waals surface area contributed by atoms with Gasteiger partial charge in [-0.15, -0.1) is 0 Å². The average molecular weight is 183 g/mol. The summed E-state index contributed by atoms with van der Waals surface area (Å²) in [6, 6.07) is 0.0578. The SMILES string of the molecule is CC(NCc1cn[nH]c1)C(C)(C)O. The molecule has 4 nitrogen and oxygen atoms in total. The lowest BCUT2D eigenvalue weighted by molar-refractivity contribution is 0.0437. The van der Waals surface area contributed by atoms with Crippen molar-refractivity contribution in [1.82, 2.24) is 15.5 Å². The smallest absolute Gasteiger partial charge is 0.0741 e. The number of hydrogen-bond donors (Lipinski definition) is 3. The van der Waals surface area contributed by atoms with Crippen LogP contribution >= 0.6 is 0 Å². The van der Waals surface area contributed by atoms with Gasteiger partial charge in [-0.3, -0.25) is 5.10 Å². The molecule has 0 aliphatic heterocycles. The van der Waals surface area contributed by atoms with Gasteiger partial charge in [-0.1, -0.05) is 0 Å². The van der Waals surface area contributed by atoms with Crippen molar-refractivity contribution in [3.8, 4) is 0 Å². The minimum absolute atomic E-state index is 0.0578. The minimum Gasteiger partial charge on any atom is -0.389 e. The summed E-state index contributed by atoms with van der Waals surface area (Å²) in [5.74, 6) is 0. The first kappa shape index (κ1) is 10.2. The highest BCUT2D eigenvalue weighted by Gasteiger charge is 2.21. The van der Waals surface area contributed by atoms with Crippen LogP contribution in [-0.4, -0.2) is 26.9 Å². The molecule has 0 radical (unpaired) electrons. The molecule has 0 aliphatic carbocycles. The summed E-state index contributed by atoms with van der Waals surface area (Å²) >= 11 is 0. The maximum absolute atomic E-state index is 9.63. The normalized spacial score (nSPS) is 14.5. The number of H-pyrrole nitrogens is 1. The van der Waals surface area contributed by atoms with E-state index >= 15 is 0 Å². The van der Waals surface area contributed by atoms with Gasteiger partial charge in [0, 0.05) is 24.3 Å². The van der Waals surface area contributed by atoms with Crippen LogP contribution in [-0.2, 0) is 6.54 Å². The molecule has 1 atom stereocenters. The Bertz CT molecular complexity index is 238. The number of aliphatic hydroxyl groups is 1. The zero-order chi connectivity index (χ0) is 9.90. The lowest BCUT2D eigenvalue weighted by Gasteiger charge is -2.26. The van der Waals surface area contributed by atoms with E-state index in [-0.39, 0.29) is 6.04 Å². The number of rotatable bonds is 4. The fraction of sp³-hybridized carbons (Fsp3) is 0.667. The number of nitrogens with zero attached hydrogens (tertiary/aromatic N) is 1. The molecule has 13 heavy (non-hydrogen) atoms. The Morgan fingerprint density at radius 3 is 2.85 bits per heavy atom. The van der Waals surface area contributed by atoms with Crippen LogP contribution in [0.15, 0.2) is 12.4 Å². The highest BCUT2D eigenvalue weighted by atomic mass is 16.3. The van der Waals surface area contributed by atoms with Gasteiger partial charge in [-0.05, 0) is 20.8 Å². The Balaban J connectivity index is 2.35. The first-order valence-corrected chi connectivity index (χ1v) is 4.43. The zero-order valence-electron chi connectivity index (χ0n) is 8.33. The first-order chi connectivity index (χ1) is 6.00. The molecule has 0 bridgehead atoms. The highest BCUT2D eigenvalue weighted by Crippen LogP contribution is 2.08. The van der Waals surface area contributed by atoms with Crippen molar-refractivity contribution in [3.05, 3.63) is 18.0 Å². The second-order valence-corrected chi connectivity index (χ2v) is 3.86. The molecule has 0 aliphatic rings. The number of aromatic amines is 1. The van der Waals surface area contributed by atoms with Crippen molar-refractivity contribution in [1.29, 1.82) is 0 Å². The van der Waals surface area contributed by atoms with E-state index in [2.05, 4.69) is 15.5 Å². The molecule has 74 valence electrons. The lowest BCUT2D eigenvalue weighted by Crippen LogP contribution is -2.44. The topological polar surface area (TPSA) is 60.9 Å². The Hall–Kier alpha value is -0.870. The third-order valence-electron chi connectivity index (χ3n) is 2.23. The van der Waals surface area contributed by atoms with Crippen LogP contribution in [0, 0.1) is 0 Å². The van der Waals surface area contributed by atoms with Crippen LogP contribution < -0.4 is 5.32 Å². The Morgan fingerprint density at radius 1 is 1.69 bits per heavy atom. The van der Waals surface area contributed by atoms with E-state index in [9.17, 15) is 5.11 Å². The van der Waals surface area contributed by atoms with E-state index in [0.717, 1.165) is 12.1 Å². The van der Waals surface area contributed by atoms with Gasteiger partial charge in [0.25, 0.3) is 0 Å². The van der Waals surface area contributed by atoms with Crippen molar-refractivity contribution < 1.29 is 5.11 Å². The van der Waals surface area contributed by atoms with Gasteiger partial charge >= 0.3 is 0 Å². The molecule has 1 aromatic rings. The maximum Gasteiger partial charge on any atom is 0.0741 e. The van der Waals surface area contributed by atoms with Gasteiger partial charge < -0.3 is 10.4 Å². The molecular weight excluding hydrogens is 166 g/mol. The summed E-state index contributed by atoms with van der Waals surface area (Å²) in [6.07, 6.45) is 3.61. The van der Waals surface area contributed by atoms with Gasteiger partial charge in [-0.25, -0.2) is 0 Å². The van der Waals surface area contributed by atoms with E-state index in [0.29, 0.717) is 0 Å². The number of nitrogens with one attached hydrogen (secondary N) is 2. The largest absolute Gasteiger partial charge is 0.389 e. The van der Waals surface area contributed by atoms with Crippen LogP contribution in [0.2, 0.25) is 0 Å². The molecule has 0 aromatic carbocycles. The number of aromatic nitrogens is 2. The highest BCUT2D eigenvalue weighted by molar-refractivity contribution is 5.02. The summed E-state index contributed by atoms with van der Waals surface area (Å²) in [7, 11) is 0. The molecule has 0 fully saturated rings. The van der Waals surface area contributed by atoms with Gasteiger partial charge in [0.15, 0.2) is 0 Å². The quantitative estimate of drug-likeness (QED) is 0.642. The van der Waals surface area contributed by atoms with Crippen LogP contribution in [0.1, 0.15) is 26.3 Å². The van der Waals surface area contributed by atoms with Gasteiger partial charge in [0.2, 0.25) is 0 Å². The Kier molecular flexibility index (Phi) is 3.06. The Morgan fingerprint density at radius 2 is 2.38 bits per heavy atom. The fourth-order valence-electron chi connectivity index (χ4n) is 0.895. The van der Waals surface area contributed by atoms with Gasteiger partial charge in [0.05, 0.1) is 11.8 Å². The summed E-state index contributed by atoms with van der Waals surface area (Å²) in [4.78, 5) is 0. The van der Waals surface area contributed by atoms with E-state index in [4.69, 9.17) is 0 Å². The van der Waals surface area contributed by atoms with Gasteiger partial charge in [-0.2, -0.15) is 5.10 Å². The maximum atomic E-state index is 9.63. The van der Waals surface area contributed by atoms with E-state index in [1.54, 1.807) is 20.0 Å². The van der Waals surface area contributed by atoms with Gasteiger partial charge in [0.1, 0.15) is 0 Å². The molecule has 0 spiro atoms. The fourth-order valence-corrected chi connectivity index (χ4v) is 0.895. The summed E-state index contributed by atoms with van der Waals surface area (Å²) in [6.45, 7) is 6.27. The molecule has 1 rings (SSSR count). The summed E-state index contributed by atoms with van der Waals surface area (Å²) < 4.78 is 0. The number of hydrogen-bond acceptors (Lipinski definition) is 3. The van der Waals surface area contributed by atoms with Crippen LogP contribution in [0.3, 0.4) is 0 Å². The Labute approximate surface area is 78.4 Å². The zero-order valence-corrected chi connectivity index (χ0v) is 8.33. The van der Waals surface area contributed by atoms with Crippen molar-refractivity contribution in [2.24, 2.45) is 0 Å². The van der Waals surface area contributed by atoms with E-state index in [1.165, 1.54) is 0 Å². The summed E-state index contributed by atoms with van der Waals surface area (Å²) in [5, 5.41) is 19.4. The van der Waals surface area contributed by atoms with Crippen molar-refractivity contribution in [2.45, 2.75) is 39.0 Å². The van der Waals surface area contributed by atoms with Crippen LogP contribution in [0.5, 0.6) is 0 Å². The standard InChI is InChI=1S/C9H17N3O/c1-7(9(2,3)13)10-4-8-5-11-12-6-8/h5-7,10,13H,4H2,1-3H3,(H,11,12). The first-order valence-electron chi connectivity index (χ1n) is 4.43. The average Bonchev–Trinajstić information content (AvgIpc) is 2.50.